The molecule has 106 valence electrons. The molecule has 2 nitrogen and oxygen atoms in total. The van der Waals surface area contributed by atoms with E-state index < -0.39 is 0 Å². The van der Waals surface area contributed by atoms with Crippen LogP contribution in [-0.2, 0) is 6.42 Å². The van der Waals surface area contributed by atoms with E-state index in [1.807, 2.05) is 11.3 Å². The van der Waals surface area contributed by atoms with Crippen LogP contribution in [0.4, 0.5) is 0 Å². The first-order chi connectivity index (χ1) is 9.28. The zero-order valence-electron chi connectivity index (χ0n) is 12.1. The lowest BCUT2D eigenvalue weighted by Gasteiger charge is -2.40. The fourth-order valence-electron chi connectivity index (χ4n) is 4.11. The predicted molar refractivity (Wildman–Crippen MR) is 82.8 cm³/mol. The molecule has 2 aliphatic heterocycles. The third kappa shape index (κ3) is 2.88. The zero-order chi connectivity index (χ0) is 13.2. The summed E-state index contributed by atoms with van der Waals surface area (Å²) in [4.78, 5) is 2.64. The Hall–Kier alpha value is -0.380. The first-order valence-corrected chi connectivity index (χ1v) is 8.68. The van der Waals surface area contributed by atoms with Gasteiger partial charge in [0.2, 0.25) is 0 Å². The van der Waals surface area contributed by atoms with Gasteiger partial charge in [-0.25, -0.2) is 0 Å². The quantitative estimate of drug-likeness (QED) is 0.890. The molecule has 1 aromatic rings. The number of thiophene rings is 1. The maximum Gasteiger partial charge on any atom is 0.0137 e. The molecule has 0 radical (unpaired) electrons. The van der Waals surface area contributed by atoms with Crippen LogP contribution in [0.5, 0.6) is 0 Å². The molecule has 0 aliphatic carbocycles. The standard InChI is InChI=1S/C16H26N2S/c1-3-17-16(8-12-6-7-19-11-12)13-9-14-4-5-15(10-13)18(14)2/h6-7,11,13-17H,3-5,8-10H2,1-2H3. The Bertz CT molecular complexity index is 375. The number of nitrogens with one attached hydrogen (secondary N) is 1. The lowest BCUT2D eigenvalue weighted by Crippen LogP contribution is -2.47. The second-order valence-corrected chi connectivity index (χ2v) is 7.06. The average Bonchev–Trinajstić information content (AvgIpc) is 2.95. The summed E-state index contributed by atoms with van der Waals surface area (Å²) in [5, 5.41) is 8.28. The summed E-state index contributed by atoms with van der Waals surface area (Å²) in [7, 11) is 2.33. The molecule has 2 bridgehead atoms. The molecular weight excluding hydrogens is 252 g/mol. The third-order valence-electron chi connectivity index (χ3n) is 5.21. The summed E-state index contributed by atoms with van der Waals surface area (Å²) in [6.45, 7) is 3.33. The van der Waals surface area contributed by atoms with E-state index >= 15 is 0 Å². The number of likely N-dealkylation sites (N-methyl/N-ethyl adjacent to an activating group) is 1. The molecule has 3 atom stereocenters. The van der Waals surface area contributed by atoms with Gasteiger partial charge in [-0.15, -0.1) is 0 Å². The van der Waals surface area contributed by atoms with Gasteiger partial charge in [0.25, 0.3) is 0 Å². The van der Waals surface area contributed by atoms with Gasteiger partial charge in [-0.05, 0) is 74.0 Å². The molecule has 1 N–H and O–H groups in total. The Labute approximate surface area is 121 Å². The zero-order valence-corrected chi connectivity index (χ0v) is 13.0. The van der Waals surface area contributed by atoms with Gasteiger partial charge in [-0.1, -0.05) is 6.92 Å². The van der Waals surface area contributed by atoms with Gasteiger partial charge >= 0.3 is 0 Å². The number of hydrogen-bond acceptors (Lipinski definition) is 3. The van der Waals surface area contributed by atoms with E-state index in [9.17, 15) is 0 Å². The topological polar surface area (TPSA) is 15.3 Å². The lowest BCUT2D eigenvalue weighted by molar-refractivity contribution is 0.112. The van der Waals surface area contributed by atoms with Crippen molar-refractivity contribution in [2.24, 2.45) is 5.92 Å². The van der Waals surface area contributed by atoms with E-state index in [1.54, 1.807) is 0 Å². The summed E-state index contributed by atoms with van der Waals surface area (Å²) < 4.78 is 0. The average molecular weight is 278 g/mol. The molecule has 2 saturated heterocycles. The van der Waals surface area contributed by atoms with Crippen molar-refractivity contribution in [3.63, 3.8) is 0 Å². The highest BCUT2D eigenvalue weighted by Crippen LogP contribution is 2.39. The molecule has 2 fully saturated rings. The van der Waals surface area contributed by atoms with E-state index in [4.69, 9.17) is 0 Å². The highest BCUT2D eigenvalue weighted by Gasteiger charge is 2.40. The van der Waals surface area contributed by atoms with Gasteiger partial charge in [0.1, 0.15) is 0 Å². The molecule has 3 rings (SSSR count). The second-order valence-electron chi connectivity index (χ2n) is 6.28. The summed E-state index contributed by atoms with van der Waals surface area (Å²) in [5.74, 6) is 0.869. The van der Waals surface area contributed by atoms with Crippen LogP contribution in [0.15, 0.2) is 16.8 Å². The Balaban J connectivity index is 1.67. The van der Waals surface area contributed by atoms with Crippen LogP contribution >= 0.6 is 11.3 Å². The van der Waals surface area contributed by atoms with E-state index in [0.29, 0.717) is 6.04 Å². The Morgan fingerprint density at radius 2 is 2.11 bits per heavy atom. The van der Waals surface area contributed by atoms with Gasteiger partial charge in [0.15, 0.2) is 0 Å². The van der Waals surface area contributed by atoms with Crippen molar-refractivity contribution >= 4 is 11.3 Å². The number of fused-ring (bicyclic) bond motifs is 2. The summed E-state index contributed by atoms with van der Waals surface area (Å²) in [6, 6.07) is 4.68. The molecule has 0 amide bonds. The molecule has 3 unspecified atom stereocenters. The summed E-state index contributed by atoms with van der Waals surface area (Å²) in [6.07, 6.45) is 6.86. The fourth-order valence-corrected chi connectivity index (χ4v) is 4.79. The van der Waals surface area contributed by atoms with E-state index in [0.717, 1.165) is 24.5 Å². The summed E-state index contributed by atoms with van der Waals surface area (Å²) >= 11 is 1.82. The van der Waals surface area contributed by atoms with E-state index in [2.05, 4.69) is 41.0 Å². The monoisotopic (exact) mass is 278 g/mol. The fraction of sp³-hybridized carbons (Fsp3) is 0.750. The van der Waals surface area contributed by atoms with Crippen LogP contribution in [0.1, 0.15) is 38.2 Å². The molecule has 0 spiro atoms. The van der Waals surface area contributed by atoms with Crippen molar-refractivity contribution in [2.45, 2.75) is 57.2 Å². The maximum absolute atomic E-state index is 3.76. The lowest BCUT2D eigenvalue weighted by atomic mass is 9.83. The number of nitrogens with zero attached hydrogens (tertiary/aromatic N) is 1. The van der Waals surface area contributed by atoms with Crippen molar-refractivity contribution in [2.75, 3.05) is 13.6 Å². The number of hydrogen-bond donors (Lipinski definition) is 1. The van der Waals surface area contributed by atoms with Crippen LogP contribution in [0, 0.1) is 5.92 Å². The van der Waals surface area contributed by atoms with Crippen LogP contribution in [0.3, 0.4) is 0 Å². The summed E-state index contributed by atoms with van der Waals surface area (Å²) in [5.41, 5.74) is 1.52. The minimum atomic E-state index is 0.677. The minimum Gasteiger partial charge on any atom is -0.314 e. The molecule has 19 heavy (non-hydrogen) atoms. The van der Waals surface area contributed by atoms with Crippen LogP contribution < -0.4 is 5.32 Å². The molecule has 3 heteroatoms. The molecule has 3 heterocycles. The van der Waals surface area contributed by atoms with Crippen LogP contribution in [-0.4, -0.2) is 36.6 Å². The SMILES string of the molecule is CCNC(Cc1ccsc1)C1CC2CCC(C1)N2C. The van der Waals surface area contributed by atoms with Crippen molar-refractivity contribution in [3.05, 3.63) is 22.4 Å². The van der Waals surface area contributed by atoms with Gasteiger partial charge in [-0.3, -0.25) is 0 Å². The molecular formula is C16H26N2S. The highest BCUT2D eigenvalue weighted by atomic mass is 32.1. The number of piperidine rings is 1. The molecule has 0 saturated carbocycles. The molecule has 2 aliphatic rings. The first kappa shape index (κ1) is 13.6. The van der Waals surface area contributed by atoms with Crippen LogP contribution in [0.2, 0.25) is 0 Å². The Kier molecular flexibility index (Phi) is 4.25. The van der Waals surface area contributed by atoms with Crippen molar-refractivity contribution < 1.29 is 0 Å². The Morgan fingerprint density at radius 3 is 2.68 bits per heavy atom. The normalized spacial score (nSPS) is 32.6. The van der Waals surface area contributed by atoms with Gasteiger partial charge in [-0.2, -0.15) is 11.3 Å². The number of rotatable bonds is 5. The third-order valence-corrected chi connectivity index (χ3v) is 5.94. The van der Waals surface area contributed by atoms with E-state index in [1.165, 1.54) is 37.7 Å². The smallest absolute Gasteiger partial charge is 0.0137 e. The minimum absolute atomic E-state index is 0.677. The molecule has 1 aromatic heterocycles. The first-order valence-electron chi connectivity index (χ1n) is 7.74. The van der Waals surface area contributed by atoms with Gasteiger partial charge in [0, 0.05) is 18.1 Å². The molecule has 0 aromatic carbocycles. The second kappa shape index (κ2) is 5.94. The van der Waals surface area contributed by atoms with E-state index in [-0.39, 0.29) is 0 Å². The highest BCUT2D eigenvalue weighted by molar-refractivity contribution is 7.07. The van der Waals surface area contributed by atoms with Crippen molar-refractivity contribution in [3.8, 4) is 0 Å². The van der Waals surface area contributed by atoms with Crippen molar-refractivity contribution in [1.29, 1.82) is 0 Å². The Morgan fingerprint density at radius 1 is 1.37 bits per heavy atom. The largest absolute Gasteiger partial charge is 0.314 e. The van der Waals surface area contributed by atoms with Crippen LogP contribution in [0.25, 0.3) is 0 Å². The van der Waals surface area contributed by atoms with Crippen molar-refractivity contribution in [1.82, 2.24) is 10.2 Å². The predicted octanol–water partition coefficient (Wildman–Crippen LogP) is 3.14. The maximum atomic E-state index is 3.76. The van der Waals surface area contributed by atoms with Gasteiger partial charge in [0.05, 0.1) is 0 Å². The van der Waals surface area contributed by atoms with Gasteiger partial charge < -0.3 is 10.2 Å².